The first-order valence-electron chi connectivity index (χ1n) is 6.14. The van der Waals surface area contributed by atoms with Crippen LogP contribution >= 0.6 is 0 Å². The van der Waals surface area contributed by atoms with Gasteiger partial charge in [-0.3, -0.25) is 4.90 Å². The molecule has 2 aliphatic heterocycles. The van der Waals surface area contributed by atoms with Crippen LogP contribution in [0.25, 0.3) is 0 Å². The highest BCUT2D eigenvalue weighted by Gasteiger charge is 2.40. The van der Waals surface area contributed by atoms with Gasteiger partial charge in [0.05, 0.1) is 18.2 Å². The minimum Gasteiger partial charge on any atom is -0.409 e. The summed E-state index contributed by atoms with van der Waals surface area (Å²) in [5.74, 6) is 0.221. The lowest BCUT2D eigenvalue weighted by Gasteiger charge is -2.46. The molecule has 2 atom stereocenters. The van der Waals surface area contributed by atoms with Crippen LogP contribution in [0.3, 0.4) is 0 Å². The molecule has 98 valence electrons. The Bertz CT molecular complexity index is 294. The molecular formula is C11H21N3O3. The van der Waals surface area contributed by atoms with Crippen molar-refractivity contribution in [1.82, 2.24) is 4.90 Å². The first kappa shape index (κ1) is 12.6. The number of likely N-dealkylation sites (tertiary alicyclic amines) is 1. The summed E-state index contributed by atoms with van der Waals surface area (Å²) in [6.07, 6.45) is 3.16. The van der Waals surface area contributed by atoms with Crippen molar-refractivity contribution in [2.75, 3.05) is 26.2 Å². The van der Waals surface area contributed by atoms with Gasteiger partial charge in [-0.25, -0.2) is 0 Å². The zero-order chi connectivity index (χ0) is 12.3. The van der Waals surface area contributed by atoms with Crippen LogP contribution in [0.15, 0.2) is 5.16 Å². The van der Waals surface area contributed by atoms with Crippen LogP contribution in [0.5, 0.6) is 0 Å². The Morgan fingerprint density at radius 1 is 1.59 bits per heavy atom. The SMILES string of the molecule is NC(CN1CCC[C@]2(C[C@H](O)CCO2)C1)=NO. The van der Waals surface area contributed by atoms with Crippen molar-refractivity contribution in [3.63, 3.8) is 0 Å². The third kappa shape index (κ3) is 3.08. The van der Waals surface area contributed by atoms with Gasteiger partial charge in [0.15, 0.2) is 5.84 Å². The third-order valence-corrected chi connectivity index (χ3v) is 3.60. The number of nitrogens with zero attached hydrogens (tertiary/aromatic N) is 2. The molecular weight excluding hydrogens is 222 g/mol. The highest BCUT2D eigenvalue weighted by Crippen LogP contribution is 2.33. The number of amidine groups is 1. The molecule has 2 aliphatic rings. The van der Waals surface area contributed by atoms with Crippen LogP contribution in [0.4, 0.5) is 0 Å². The quantitative estimate of drug-likeness (QED) is 0.269. The molecule has 0 bridgehead atoms. The zero-order valence-corrected chi connectivity index (χ0v) is 10.0. The van der Waals surface area contributed by atoms with Gasteiger partial charge in [-0.1, -0.05) is 5.16 Å². The number of piperidine rings is 1. The minimum atomic E-state index is -0.257. The maximum atomic E-state index is 9.75. The van der Waals surface area contributed by atoms with E-state index in [9.17, 15) is 5.11 Å². The molecule has 2 saturated heterocycles. The van der Waals surface area contributed by atoms with Gasteiger partial charge in [0.1, 0.15) is 0 Å². The molecule has 1 spiro atoms. The van der Waals surface area contributed by atoms with Crippen LogP contribution in [0.2, 0.25) is 0 Å². The lowest BCUT2D eigenvalue weighted by Crippen LogP contribution is -2.55. The van der Waals surface area contributed by atoms with E-state index in [1.54, 1.807) is 0 Å². The molecule has 0 aromatic carbocycles. The summed E-state index contributed by atoms with van der Waals surface area (Å²) >= 11 is 0. The van der Waals surface area contributed by atoms with Crippen LogP contribution < -0.4 is 5.73 Å². The summed E-state index contributed by atoms with van der Waals surface area (Å²) in [7, 11) is 0. The lowest BCUT2D eigenvalue weighted by atomic mass is 9.84. The van der Waals surface area contributed by atoms with E-state index in [-0.39, 0.29) is 17.5 Å². The summed E-state index contributed by atoms with van der Waals surface area (Å²) in [5.41, 5.74) is 5.29. The fourth-order valence-corrected chi connectivity index (χ4v) is 2.87. The topological polar surface area (TPSA) is 91.3 Å². The Morgan fingerprint density at radius 3 is 3.12 bits per heavy atom. The Balaban J connectivity index is 1.96. The summed E-state index contributed by atoms with van der Waals surface area (Å²) in [6, 6.07) is 0. The summed E-state index contributed by atoms with van der Waals surface area (Å²) in [4.78, 5) is 2.12. The molecule has 6 heteroatoms. The fraction of sp³-hybridized carbons (Fsp3) is 0.909. The van der Waals surface area contributed by atoms with Crippen molar-refractivity contribution in [1.29, 1.82) is 0 Å². The summed E-state index contributed by atoms with van der Waals surface area (Å²) < 4.78 is 5.88. The van der Waals surface area contributed by atoms with Gasteiger partial charge in [0.25, 0.3) is 0 Å². The zero-order valence-electron chi connectivity index (χ0n) is 10.0. The molecule has 6 nitrogen and oxygen atoms in total. The van der Waals surface area contributed by atoms with Gasteiger partial charge in [-0.15, -0.1) is 0 Å². The third-order valence-electron chi connectivity index (χ3n) is 3.60. The first-order chi connectivity index (χ1) is 8.13. The predicted octanol–water partition coefficient (Wildman–Crippen LogP) is -0.261. The van der Waals surface area contributed by atoms with Gasteiger partial charge < -0.3 is 20.8 Å². The van der Waals surface area contributed by atoms with E-state index in [0.29, 0.717) is 19.6 Å². The molecule has 2 fully saturated rings. The molecule has 2 heterocycles. The molecule has 0 amide bonds. The van der Waals surface area contributed by atoms with Gasteiger partial charge >= 0.3 is 0 Å². The van der Waals surface area contributed by atoms with Crippen molar-refractivity contribution in [2.45, 2.75) is 37.4 Å². The molecule has 4 N–H and O–H groups in total. The number of aliphatic hydroxyl groups is 1. The highest BCUT2D eigenvalue weighted by molar-refractivity contribution is 5.81. The van der Waals surface area contributed by atoms with Crippen molar-refractivity contribution in [3.8, 4) is 0 Å². The number of hydrogen-bond acceptors (Lipinski definition) is 5. The smallest absolute Gasteiger partial charge is 0.153 e. The molecule has 0 radical (unpaired) electrons. The number of nitrogens with two attached hydrogens (primary N) is 1. The van der Waals surface area contributed by atoms with Gasteiger partial charge in [-0.05, 0) is 25.8 Å². The van der Waals surface area contributed by atoms with E-state index in [4.69, 9.17) is 15.7 Å². The van der Waals surface area contributed by atoms with Crippen LogP contribution in [-0.2, 0) is 4.74 Å². The minimum absolute atomic E-state index is 0.221. The number of rotatable bonds is 2. The highest BCUT2D eigenvalue weighted by atomic mass is 16.5. The van der Waals surface area contributed by atoms with Crippen molar-refractivity contribution in [3.05, 3.63) is 0 Å². The molecule has 2 rings (SSSR count). The second-order valence-electron chi connectivity index (χ2n) is 5.08. The van der Waals surface area contributed by atoms with Crippen molar-refractivity contribution < 1.29 is 15.1 Å². The maximum absolute atomic E-state index is 9.75. The Labute approximate surface area is 101 Å². The van der Waals surface area contributed by atoms with E-state index < -0.39 is 0 Å². The average molecular weight is 243 g/mol. The van der Waals surface area contributed by atoms with Crippen molar-refractivity contribution >= 4 is 5.84 Å². The van der Waals surface area contributed by atoms with E-state index in [1.165, 1.54) is 0 Å². The first-order valence-corrected chi connectivity index (χ1v) is 6.14. The normalized spacial score (nSPS) is 36.3. The fourth-order valence-electron chi connectivity index (χ4n) is 2.87. The van der Waals surface area contributed by atoms with Crippen molar-refractivity contribution in [2.24, 2.45) is 10.9 Å². The lowest BCUT2D eigenvalue weighted by molar-refractivity contribution is -0.145. The Hall–Kier alpha value is -0.850. The monoisotopic (exact) mass is 243 g/mol. The van der Waals surface area contributed by atoms with Gasteiger partial charge in [-0.2, -0.15) is 0 Å². The second kappa shape index (κ2) is 5.20. The van der Waals surface area contributed by atoms with Gasteiger partial charge in [0, 0.05) is 19.6 Å². The molecule has 0 saturated carbocycles. The van der Waals surface area contributed by atoms with Crippen LogP contribution in [0, 0.1) is 0 Å². The molecule has 0 aromatic heterocycles. The summed E-state index contributed by atoms with van der Waals surface area (Å²) in [6.45, 7) is 2.76. The number of aliphatic hydroxyl groups excluding tert-OH is 1. The second-order valence-corrected chi connectivity index (χ2v) is 5.08. The Morgan fingerprint density at radius 2 is 2.41 bits per heavy atom. The van der Waals surface area contributed by atoms with Crippen LogP contribution in [0.1, 0.15) is 25.7 Å². The molecule has 0 aromatic rings. The summed E-state index contributed by atoms with van der Waals surface area (Å²) in [5, 5.41) is 21.3. The number of hydrogen-bond donors (Lipinski definition) is 3. The Kier molecular flexibility index (Phi) is 3.86. The van der Waals surface area contributed by atoms with E-state index in [2.05, 4.69) is 10.1 Å². The van der Waals surface area contributed by atoms with E-state index in [1.807, 2.05) is 0 Å². The maximum Gasteiger partial charge on any atom is 0.153 e. The van der Waals surface area contributed by atoms with Gasteiger partial charge in [0.2, 0.25) is 0 Å². The van der Waals surface area contributed by atoms with Crippen LogP contribution in [-0.4, -0.2) is 59.0 Å². The van der Waals surface area contributed by atoms with E-state index in [0.717, 1.165) is 32.4 Å². The molecule has 0 aliphatic carbocycles. The number of oxime groups is 1. The molecule has 0 unspecified atom stereocenters. The van der Waals surface area contributed by atoms with E-state index >= 15 is 0 Å². The molecule has 17 heavy (non-hydrogen) atoms. The largest absolute Gasteiger partial charge is 0.409 e. The predicted molar refractivity (Wildman–Crippen MR) is 63.0 cm³/mol. The standard InChI is InChI=1S/C11H21N3O3/c12-10(13-16)7-14-4-1-3-11(8-14)6-9(15)2-5-17-11/h9,15-16H,1-8H2,(H2,12,13)/t9-,11+/m1/s1. The number of ether oxygens (including phenoxy) is 1. The average Bonchev–Trinajstić information content (AvgIpc) is 2.28.